The highest BCUT2D eigenvalue weighted by Gasteiger charge is 2.12. The fourth-order valence-corrected chi connectivity index (χ4v) is 4.13. The van der Waals surface area contributed by atoms with E-state index < -0.39 is 17.5 Å². The van der Waals surface area contributed by atoms with Gasteiger partial charge in [-0.2, -0.15) is 0 Å². The minimum atomic E-state index is -0.721. The zero-order valence-electron chi connectivity index (χ0n) is 12.9. The summed E-state index contributed by atoms with van der Waals surface area (Å²) in [6, 6.07) is 8.49. The number of aromatic nitrogens is 2. The molecule has 134 valence electrons. The molecule has 0 aliphatic rings. The van der Waals surface area contributed by atoms with E-state index in [1.165, 1.54) is 28.2 Å². The lowest BCUT2D eigenvalue weighted by atomic mass is 10.3. The summed E-state index contributed by atoms with van der Waals surface area (Å²) in [6.07, 6.45) is 0. The van der Waals surface area contributed by atoms with Crippen LogP contribution in [0.5, 0.6) is 0 Å². The number of halogens is 3. The SMILES string of the molecule is O=C(CSc1nn(-c2ccc(F)cc2)c(=S)s1)Nc1cc(F)ccc1F. The number of rotatable bonds is 5. The molecular weight excluding hydrogens is 403 g/mol. The summed E-state index contributed by atoms with van der Waals surface area (Å²) in [4.78, 5) is 11.9. The molecule has 1 aromatic heterocycles. The summed E-state index contributed by atoms with van der Waals surface area (Å²) in [5, 5.41) is 6.59. The van der Waals surface area contributed by atoms with Crippen molar-refractivity contribution in [2.45, 2.75) is 4.34 Å². The second-order valence-electron chi connectivity index (χ2n) is 4.98. The first-order chi connectivity index (χ1) is 12.4. The molecule has 3 aromatic rings. The van der Waals surface area contributed by atoms with Gasteiger partial charge in [0.15, 0.2) is 8.29 Å². The van der Waals surface area contributed by atoms with Crippen molar-refractivity contribution in [2.24, 2.45) is 0 Å². The van der Waals surface area contributed by atoms with Crippen molar-refractivity contribution >= 4 is 46.9 Å². The molecule has 26 heavy (non-hydrogen) atoms. The summed E-state index contributed by atoms with van der Waals surface area (Å²) in [5.74, 6) is -2.30. The highest BCUT2D eigenvalue weighted by molar-refractivity contribution is 8.01. The molecule has 0 aliphatic carbocycles. The van der Waals surface area contributed by atoms with Gasteiger partial charge in [-0.15, -0.1) is 5.10 Å². The zero-order chi connectivity index (χ0) is 18.7. The maximum Gasteiger partial charge on any atom is 0.234 e. The first-order valence-electron chi connectivity index (χ1n) is 7.16. The molecule has 10 heteroatoms. The van der Waals surface area contributed by atoms with Gasteiger partial charge in [-0.1, -0.05) is 23.1 Å². The zero-order valence-corrected chi connectivity index (χ0v) is 15.4. The van der Waals surface area contributed by atoms with Crippen LogP contribution in [0.15, 0.2) is 46.8 Å². The van der Waals surface area contributed by atoms with Crippen LogP contribution in [0.3, 0.4) is 0 Å². The van der Waals surface area contributed by atoms with Gasteiger partial charge in [-0.25, -0.2) is 17.9 Å². The minimum absolute atomic E-state index is 0.0539. The topological polar surface area (TPSA) is 46.9 Å². The number of hydrogen-bond acceptors (Lipinski definition) is 5. The molecule has 0 atom stereocenters. The number of hydrogen-bond donors (Lipinski definition) is 1. The lowest BCUT2D eigenvalue weighted by Gasteiger charge is -2.05. The van der Waals surface area contributed by atoms with E-state index in [-0.39, 0.29) is 17.3 Å². The molecule has 4 nitrogen and oxygen atoms in total. The Morgan fingerprint density at radius 2 is 1.85 bits per heavy atom. The third kappa shape index (κ3) is 4.51. The second kappa shape index (κ2) is 8.02. The first kappa shape index (κ1) is 18.6. The van der Waals surface area contributed by atoms with Crippen molar-refractivity contribution in [2.75, 3.05) is 11.1 Å². The monoisotopic (exact) mass is 413 g/mol. The van der Waals surface area contributed by atoms with Crippen molar-refractivity contribution in [3.8, 4) is 5.69 Å². The smallest absolute Gasteiger partial charge is 0.234 e. The number of carbonyl (C=O) groups is 1. The molecule has 0 unspecified atom stereocenters. The Morgan fingerprint density at radius 1 is 1.15 bits per heavy atom. The molecule has 0 radical (unpaired) electrons. The Hall–Kier alpha value is -2.17. The number of nitrogens with one attached hydrogen (secondary N) is 1. The predicted molar refractivity (Wildman–Crippen MR) is 97.9 cm³/mol. The van der Waals surface area contributed by atoms with Crippen LogP contribution in [0, 0.1) is 21.4 Å². The van der Waals surface area contributed by atoms with Gasteiger partial charge in [0.05, 0.1) is 17.1 Å². The molecule has 0 fully saturated rings. The first-order valence-corrected chi connectivity index (χ1v) is 9.37. The van der Waals surface area contributed by atoms with E-state index in [1.807, 2.05) is 0 Å². The Kier molecular flexibility index (Phi) is 5.74. The lowest BCUT2D eigenvalue weighted by Crippen LogP contribution is -2.15. The van der Waals surface area contributed by atoms with E-state index in [0.717, 1.165) is 30.0 Å². The molecular formula is C16H10F3N3OS3. The normalized spacial score (nSPS) is 10.7. The van der Waals surface area contributed by atoms with Gasteiger partial charge >= 0.3 is 0 Å². The maximum atomic E-state index is 13.5. The van der Waals surface area contributed by atoms with Gasteiger partial charge in [0.1, 0.15) is 17.5 Å². The van der Waals surface area contributed by atoms with Gasteiger partial charge in [-0.05, 0) is 48.6 Å². The third-order valence-electron chi connectivity index (χ3n) is 3.13. The van der Waals surface area contributed by atoms with E-state index in [2.05, 4.69) is 10.4 Å². The van der Waals surface area contributed by atoms with Crippen LogP contribution in [0.25, 0.3) is 5.69 Å². The minimum Gasteiger partial charge on any atom is -0.323 e. The van der Waals surface area contributed by atoms with Gasteiger partial charge in [0, 0.05) is 6.07 Å². The van der Waals surface area contributed by atoms with E-state index in [0.29, 0.717) is 14.0 Å². The summed E-state index contributed by atoms with van der Waals surface area (Å²) in [5.41, 5.74) is 0.380. The maximum absolute atomic E-state index is 13.5. The van der Waals surface area contributed by atoms with Crippen LogP contribution in [0.4, 0.5) is 18.9 Å². The summed E-state index contributed by atoms with van der Waals surface area (Å²) in [6.45, 7) is 0. The van der Waals surface area contributed by atoms with Crippen LogP contribution in [-0.4, -0.2) is 21.4 Å². The van der Waals surface area contributed by atoms with E-state index in [9.17, 15) is 18.0 Å². The average Bonchev–Trinajstić information content (AvgIpc) is 2.98. The molecule has 0 saturated carbocycles. The summed E-state index contributed by atoms with van der Waals surface area (Å²) >= 11 is 7.52. The summed E-state index contributed by atoms with van der Waals surface area (Å²) < 4.78 is 42.1. The Balaban J connectivity index is 1.65. The molecule has 2 aromatic carbocycles. The van der Waals surface area contributed by atoms with Crippen LogP contribution in [0.2, 0.25) is 0 Å². The van der Waals surface area contributed by atoms with Crippen molar-refractivity contribution in [3.05, 3.63) is 63.9 Å². The van der Waals surface area contributed by atoms with Crippen molar-refractivity contribution in [3.63, 3.8) is 0 Å². The van der Waals surface area contributed by atoms with E-state index in [1.54, 1.807) is 12.1 Å². The highest BCUT2D eigenvalue weighted by atomic mass is 32.2. The number of benzene rings is 2. The Morgan fingerprint density at radius 3 is 2.58 bits per heavy atom. The summed E-state index contributed by atoms with van der Waals surface area (Å²) in [7, 11) is 0. The molecule has 0 spiro atoms. The fourth-order valence-electron chi connectivity index (χ4n) is 1.97. The quantitative estimate of drug-likeness (QED) is 0.482. The highest BCUT2D eigenvalue weighted by Crippen LogP contribution is 2.24. The molecule has 3 rings (SSSR count). The molecule has 1 amide bonds. The largest absolute Gasteiger partial charge is 0.323 e. The number of thioether (sulfide) groups is 1. The van der Waals surface area contributed by atoms with Crippen LogP contribution < -0.4 is 5.32 Å². The molecule has 0 aliphatic heterocycles. The number of anilines is 1. The number of nitrogens with zero attached hydrogens (tertiary/aromatic N) is 2. The second-order valence-corrected chi connectivity index (χ2v) is 7.83. The Bertz CT molecular complexity index is 1000. The van der Waals surface area contributed by atoms with Gasteiger partial charge in [0.25, 0.3) is 0 Å². The fraction of sp³-hybridized carbons (Fsp3) is 0.0625. The van der Waals surface area contributed by atoms with Crippen molar-refractivity contribution in [1.82, 2.24) is 9.78 Å². The Labute approximate surface area is 159 Å². The molecule has 0 saturated heterocycles. The van der Waals surface area contributed by atoms with Crippen LogP contribution in [-0.2, 0) is 4.79 Å². The molecule has 1 heterocycles. The number of carbonyl (C=O) groups excluding carboxylic acids is 1. The molecule has 1 N–H and O–H groups in total. The van der Waals surface area contributed by atoms with Gasteiger partial charge in [-0.3, -0.25) is 4.79 Å². The average molecular weight is 413 g/mol. The van der Waals surface area contributed by atoms with Crippen LogP contribution in [0.1, 0.15) is 0 Å². The molecule has 0 bridgehead atoms. The van der Waals surface area contributed by atoms with E-state index >= 15 is 0 Å². The lowest BCUT2D eigenvalue weighted by molar-refractivity contribution is -0.113. The van der Waals surface area contributed by atoms with Gasteiger partial charge < -0.3 is 5.32 Å². The van der Waals surface area contributed by atoms with E-state index in [4.69, 9.17) is 12.2 Å². The van der Waals surface area contributed by atoms with Crippen molar-refractivity contribution < 1.29 is 18.0 Å². The number of amides is 1. The van der Waals surface area contributed by atoms with Gasteiger partial charge in [0.2, 0.25) is 5.91 Å². The third-order valence-corrected chi connectivity index (χ3v) is 5.50. The predicted octanol–water partition coefficient (Wildman–Crippen LogP) is 4.81. The van der Waals surface area contributed by atoms with Crippen LogP contribution >= 0.6 is 35.3 Å². The van der Waals surface area contributed by atoms with Crippen molar-refractivity contribution in [1.29, 1.82) is 0 Å². The standard InChI is InChI=1S/C16H10F3N3OS3/c17-9-1-4-11(5-2-9)22-16(24)26-15(21-22)25-8-14(23)20-13-7-10(18)3-6-12(13)19/h1-7H,8H2,(H,20,23).